The van der Waals surface area contributed by atoms with E-state index >= 15 is 0 Å². The van der Waals surface area contributed by atoms with Gasteiger partial charge in [0.2, 0.25) is 0 Å². The number of carbonyl (C=O) groups excluding carboxylic acids is 1. The van der Waals surface area contributed by atoms with Crippen LogP contribution in [0, 0.1) is 11.8 Å². The number of unbranched alkanes of at least 4 members (excludes halogenated alkanes) is 2. The van der Waals surface area contributed by atoms with Gasteiger partial charge in [0.15, 0.2) is 0 Å². The zero-order valence-corrected chi connectivity index (χ0v) is 15.8. The SMILES string of the molecule is CCCCC[C@H](O)[C@@H](O)/C=C/C=C/C#C/C=C/[C@@H](O)CCCC(=O)OC. The second-order valence-electron chi connectivity index (χ2n) is 5.98. The Morgan fingerprint density at radius 2 is 1.73 bits per heavy atom. The van der Waals surface area contributed by atoms with Crippen LogP contribution in [0.5, 0.6) is 0 Å². The first-order chi connectivity index (χ1) is 12.5. The van der Waals surface area contributed by atoms with Crippen LogP contribution in [0.25, 0.3) is 0 Å². The number of aliphatic hydroxyl groups is 3. The van der Waals surface area contributed by atoms with Crippen LogP contribution in [0.3, 0.4) is 0 Å². The van der Waals surface area contributed by atoms with E-state index in [9.17, 15) is 20.1 Å². The first kappa shape index (κ1) is 24.1. The lowest BCUT2D eigenvalue weighted by Gasteiger charge is -2.13. The molecule has 0 aromatic rings. The van der Waals surface area contributed by atoms with Crippen molar-refractivity contribution in [3.63, 3.8) is 0 Å². The van der Waals surface area contributed by atoms with Crippen molar-refractivity contribution in [2.45, 2.75) is 70.2 Å². The molecular formula is C21H32O5. The summed E-state index contributed by atoms with van der Waals surface area (Å²) in [5.74, 6) is 5.25. The molecule has 0 aromatic heterocycles. The molecular weight excluding hydrogens is 332 g/mol. The van der Waals surface area contributed by atoms with Gasteiger partial charge >= 0.3 is 5.97 Å². The van der Waals surface area contributed by atoms with Crippen molar-refractivity contribution in [2.24, 2.45) is 0 Å². The van der Waals surface area contributed by atoms with E-state index in [1.165, 1.54) is 13.2 Å². The maximum atomic E-state index is 10.9. The molecule has 0 saturated carbocycles. The minimum Gasteiger partial charge on any atom is -0.469 e. The van der Waals surface area contributed by atoms with Gasteiger partial charge in [-0.3, -0.25) is 4.79 Å². The summed E-state index contributed by atoms with van der Waals surface area (Å²) in [6, 6.07) is 0. The lowest BCUT2D eigenvalue weighted by molar-refractivity contribution is -0.140. The van der Waals surface area contributed by atoms with Crippen LogP contribution in [-0.2, 0) is 9.53 Å². The van der Waals surface area contributed by atoms with Crippen LogP contribution in [0.4, 0.5) is 0 Å². The lowest BCUT2D eigenvalue weighted by atomic mass is 10.1. The van der Waals surface area contributed by atoms with E-state index in [1.807, 2.05) is 0 Å². The second kappa shape index (κ2) is 16.6. The number of ether oxygens (including phenoxy) is 1. The molecule has 0 rings (SSSR count). The first-order valence-corrected chi connectivity index (χ1v) is 9.13. The molecule has 0 aromatic carbocycles. The number of esters is 1. The van der Waals surface area contributed by atoms with Gasteiger partial charge in [0.05, 0.1) is 25.4 Å². The summed E-state index contributed by atoms with van der Waals surface area (Å²) in [4.78, 5) is 10.9. The van der Waals surface area contributed by atoms with Crippen molar-refractivity contribution in [3.05, 3.63) is 36.5 Å². The van der Waals surface area contributed by atoms with Crippen molar-refractivity contribution in [1.82, 2.24) is 0 Å². The van der Waals surface area contributed by atoms with E-state index in [0.29, 0.717) is 25.7 Å². The highest BCUT2D eigenvalue weighted by Gasteiger charge is 2.11. The fourth-order valence-electron chi connectivity index (χ4n) is 2.09. The van der Waals surface area contributed by atoms with Crippen LogP contribution in [0.15, 0.2) is 36.5 Å². The van der Waals surface area contributed by atoms with E-state index in [0.717, 1.165) is 19.3 Å². The molecule has 146 valence electrons. The van der Waals surface area contributed by atoms with E-state index < -0.39 is 18.3 Å². The lowest BCUT2D eigenvalue weighted by Crippen LogP contribution is -2.23. The van der Waals surface area contributed by atoms with Crippen molar-refractivity contribution < 1.29 is 24.9 Å². The van der Waals surface area contributed by atoms with Crippen molar-refractivity contribution in [1.29, 1.82) is 0 Å². The molecule has 5 nitrogen and oxygen atoms in total. The molecule has 0 aliphatic carbocycles. The third-order valence-corrected chi connectivity index (χ3v) is 3.69. The van der Waals surface area contributed by atoms with Gasteiger partial charge in [0, 0.05) is 6.42 Å². The molecule has 3 N–H and O–H groups in total. The number of rotatable bonds is 12. The zero-order chi connectivity index (χ0) is 19.6. The van der Waals surface area contributed by atoms with Gasteiger partial charge in [0.1, 0.15) is 0 Å². The molecule has 0 amide bonds. The van der Waals surface area contributed by atoms with Crippen molar-refractivity contribution in [3.8, 4) is 11.8 Å². The highest BCUT2D eigenvalue weighted by atomic mass is 16.5. The van der Waals surface area contributed by atoms with Gasteiger partial charge in [0.25, 0.3) is 0 Å². The number of carbonyl (C=O) groups is 1. The van der Waals surface area contributed by atoms with Crippen molar-refractivity contribution >= 4 is 5.97 Å². The molecule has 0 bridgehead atoms. The molecule has 0 heterocycles. The summed E-state index contributed by atoms with van der Waals surface area (Å²) in [7, 11) is 1.34. The first-order valence-electron chi connectivity index (χ1n) is 9.13. The van der Waals surface area contributed by atoms with E-state index in [2.05, 4.69) is 23.5 Å². The Bertz CT molecular complexity index is 510. The van der Waals surface area contributed by atoms with Gasteiger partial charge in [-0.05, 0) is 37.5 Å². The Morgan fingerprint density at radius 1 is 1.00 bits per heavy atom. The molecule has 0 radical (unpaired) electrons. The van der Waals surface area contributed by atoms with E-state index in [1.54, 1.807) is 30.4 Å². The summed E-state index contributed by atoms with van der Waals surface area (Å²) in [5, 5.41) is 29.2. The van der Waals surface area contributed by atoms with Crippen molar-refractivity contribution in [2.75, 3.05) is 7.11 Å². The maximum absolute atomic E-state index is 10.9. The number of allylic oxidation sites excluding steroid dienone is 4. The Kier molecular flexibility index (Phi) is 15.4. The third kappa shape index (κ3) is 14.5. The van der Waals surface area contributed by atoms with Crippen LogP contribution in [0.2, 0.25) is 0 Å². The quantitative estimate of drug-likeness (QED) is 0.214. The summed E-state index contributed by atoms with van der Waals surface area (Å²) < 4.78 is 4.52. The number of methoxy groups -OCH3 is 1. The molecule has 0 unspecified atom stereocenters. The molecule has 0 aliphatic heterocycles. The maximum Gasteiger partial charge on any atom is 0.305 e. The monoisotopic (exact) mass is 364 g/mol. The normalized spacial score (nSPS) is 15.1. The van der Waals surface area contributed by atoms with E-state index in [4.69, 9.17) is 0 Å². The van der Waals surface area contributed by atoms with Gasteiger partial charge in [-0.2, -0.15) is 0 Å². The predicted octanol–water partition coefficient (Wildman–Crippen LogP) is 2.66. The van der Waals surface area contributed by atoms with Crippen LogP contribution >= 0.6 is 0 Å². The van der Waals surface area contributed by atoms with Gasteiger partial charge in [-0.25, -0.2) is 0 Å². The number of hydrogen-bond donors (Lipinski definition) is 3. The largest absolute Gasteiger partial charge is 0.469 e. The van der Waals surface area contributed by atoms with Gasteiger partial charge in [-0.1, -0.05) is 56.3 Å². The molecule has 26 heavy (non-hydrogen) atoms. The Morgan fingerprint density at radius 3 is 2.42 bits per heavy atom. The molecule has 3 atom stereocenters. The molecule has 0 fully saturated rings. The minimum absolute atomic E-state index is 0.280. The Balaban J connectivity index is 4.02. The Hall–Kier alpha value is -1.87. The molecule has 0 saturated heterocycles. The topological polar surface area (TPSA) is 87.0 Å². The fraction of sp³-hybridized carbons (Fsp3) is 0.571. The van der Waals surface area contributed by atoms with E-state index in [-0.39, 0.29) is 5.97 Å². The second-order valence-corrected chi connectivity index (χ2v) is 5.98. The fourth-order valence-corrected chi connectivity index (χ4v) is 2.09. The third-order valence-electron chi connectivity index (χ3n) is 3.69. The smallest absolute Gasteiger partial charge is 0.305 e. The zero-order valence-electron chi connectivity index (χ0n) is 15.8. The average Bonchev–Trinajstić information content (AvgIpc) is 2.63. The number of hydrogen-bond acceptors (Lipinski definition) is 5. The summed E-state index contributed by atoms with van der Waals surface area (Å²) >= 11 is 0. The molecule has 0 aliphatic rings. The predicted molar refractivity (Wildman–Crippen MR) is 103 cm³/mol. The standard InChI is InChI=1S/C21H32O5/c1-3-4-9-15-19(23)20(24)16-11-8-6-5-7-10-13-18(22)14-12-17-21(25)26-2/h6,8,10-11,13,16,18-20,22-24H,3-4,9,12,14-15,17H2,1-2H3/b8-6+,13-10+,16-11+/t18-,19+,20+/m1/s1. The minimum atomic E-state index is -0.871. The highest BCUT2D eigenvalue weighted by Crippen LogP contribution is 2.07. The van der Waals surface area contributed by atoms with Gasteiger partial charge < -0.3 is 20.1 Å². The van der Waals surface area contributed by atoms with Crippen LogP contribution in [-0.4, -0.2) is 46.7 Å². The summed E-state index contributed by atoms with van der Waals surface area (Å²) in [6.45, 7) is 2.09. The molecule has 5 heteroatoms. The summed E-state index contributed by atoms with van der Waals surface area (Å²) in [5.41, 5.74) is 0. The van der Waals surface area contributed by atoms with Gasteiger partial charge in [-0.15, -0.1) is 0 Å². The van der Waals surface area contributed by atoms with Crippen LogP contribution in [0.1, 0.15) is 51.9 Å². The number of aliphatic hydroxyl groups excluding tert-OH is 3. The average molecular weight is 364 g/mol. The van der Waals surface area contributed by atoms with Crippen LogP contribution < -0.4 is 0 Å². The highest BCUT2D eigenvalue weighted by molar-refractivity contribution is 5.68. The Labute approximate surface area is 157 Å². The summed E-state index contributed by atoms with van der Waals surface area (Å²) in [6.07, 6.45) is 12.3. The molecule has 0 spiro atoms.